The quantitative estimate of drug-likeness (QED) is 0.664. The molecule has 102 valence electrons. The molecule has 1 aliphatic heterocycles. The van der Waals surface area contributed by atoms with E-state index >= 15 is 0 Å². The first-order chi connectivity index (χ1) is 8.91. The number of carbonyl (C=O) groups excluding carboxylic acids is 1. The summed E-state index contributed by atoms with van der Waals surface area (Å²) in [5.41, 5.74) is 7.05. The van der Waals surface area contributed by atoms with Gasteiger partial charge in [-0.25, -0.2) is 0 Å². The molecule has 0 saturated heterocycles. The molecule has 6 nitrogen and oxygen atoms in total. The van der Waals surface area contributed by atoms with E-state index in [1.807, 2.05) is 0 Å². The number of nitrogens with two attached hydrogens (primary N) is 1. The minimum absolute atomic E-state index is 0.0345. The molecule has 0 aromatic heterocycles. The predicted molar refractivity (Wildman–Crippen MR) is 71.8 cm³/mol. The first kappa shape index (κ1) is 13.5. The molecule has 2 rings (SSSR count). The van der Waals surface area contributed by atoms with Crippen molar-refractivity contribution in [1.29, 1.82) is 0 Å². The van der Waals surface area contributed by atoms with Crippen molar-refractivity contribution in [2.75, 3.05) is 11.4 Å². The van der Waals surface area contributed by atoms with E-state index < -0.39 is 11.0 Å². The monoisotopic (exact) mass is 263 g/mol. The molecular formula is C13H17N3O3. The number of benzene rings is 1. The number of nitrogens with zero attached hydrogens (tertiary/aromatic N) is 2. The van der Waals surface area contributed by atoms with Crippen LogP contribution in [0.5, 0.6) is 0 Å². The molecule has 6 heteroatoms. The number of anilines is 1. The van der Waals surface area contributed by atoms with Crippen molar-refractivity contribution in [3.05, 3.63) is 33.9 Å². The lowest BCUT2D eigenvalue weighted by Crippen LogP contribution is -2.33. The van der Waals surface area contributed by atoms with Gasteiger partial charge in [-0.3, -0.25) is 14.9 Å². The molecule has 0 spiro atoms. The summed E-state index contributed by atoms with van der Waals surface area (Å²) < 4.78 is 0. The summed E-state index contributed by atoms with van der Waals surface area (Å²) in [4.78, 5) is 24.0. The fraction of sp³-hybridized carbons (Fsp3) is 0.462. The lowest BCUT2D eigenvalue weighted by molar-refractivity contribution is -0.384. The third-order valence-corrected chi connectivity index (χ3v) is 3.31. The molecule has 1 atom stereocenters. The minimum atomic E-state index is -0.790. The van der Waals surface area contributed by atoms with Crippen LogP contribution in [0.1, 0.15) is 31.9 Å². The van der Waals surface area contributed by atoms with Crippen LogP contribution in [0.3, 0.4) is 0 Å². The smallest absolute Gasteiger partial charge is 0.269 e. The second-order valence-corrected chi connectivity index (χ2v) is 5.15. The summed E-state index contributed by atoms with van der Waals surface area (Å²) in [6.45, 7) is 4.75. The summed E-state index contributed by atoms with van der Waals surface area (Å²) in [5.74, 6) is 0.294. The van der Waals surface area contributed by atoms with Crippen LogP contribution in [0.2, 0.25) is 0 Å². The van der Waals surface area contributed by atoms with Gasteiger partial charge >= 0.3 is 0 Å². The summed E-state index contributed by atoms with van der Waals surface area (Å²) in [7, 11) is 0. The Kier molecular flexibility index (Phi) is 3.53. The van der Waals surface area contributed by atoms with Crippen LogP contribution >= 0.6 is 0 Å². The van der Waals surface area contributed by atoms with Crippen LogP contribution in [-0.4, -0.2) is 17.4 Å². The Morgan fingerprint density at radius 1 is 1.47 bits per heavy atom. The van der Waals surface area contributed by atoms with Crippen molar-refractivity contribution in [3.63, 3.8) is 0 Å². The second kappa shape index (κ2) is 4.97. The van der Waals surface area contributed by atoms with Crippen molar-refractivity contribution in [2.24, 2.45) is 11.7 Å². The molecule has 1 aromatic rings. The van der Waals surface area contributed by atoms with Gasteiger partial charge in [0.1, 0.15) is 6.04 Å². The summed E-state index contributed by atoms with van der Waals surface area (Å²) in [5, 5.41) is 10.8. The van der Waals surface area contributed by atoms with Crippen molar-refractivity contribution >= 4 is 17.3 Å². The average Bonchev–Trinajstić information content (AvgIpc) is 2.59. The van der Waals surface area contributed by atoms with Crippen LogP contribution in [-0.2, 0) is 4.79 Å². The first-order valence-electron chi connectivity index (χ1n) is 6.27. The summed E-state index contributed by atoms with van der Waals surface area (Å²) in [6.07, 6.45) is 0.870. The maximum Gasteiger partial charge on any atom is 0.269 e. The summed E-state index contributed by atoms with van der Waals surface area (Å²) >= 11 is 0. The zero-order valence-corrected chi connectivity index (χ0v) is 11.0. The molecule has 19 heavy (non-hydrogen) atoms. The van der Waals surface area contributed by atoms with Crippen molar-refractivity contribution in [2.45, 2.75) is 26.3 Å². The van der Waals surface area contributed by atoms with Gasteiger partial charge in [0.05, 0.1) is 4.92 Å². The van der Waals surface area contributed by atoms with E-state index in [-0.39, 0.29) is 11.6 Å². The fourth-order valence-electron chi connectivity index (χ4n) is 2.19. The van der Waals surface area contributed by atoms with Gasteiger partial charge in [0.2, 0.25) is 5.91 Å². The normalized spacial score (nSPS) is 18.0. The Bertz CT molecular complexity index is 528. The molecule has 1 aromatic carbocycles. The first-order valence-corrected chi connectivity index (χ1v) is 6.27. The molecule has 0 fully saturated rings. The number of amides is 1. The van der Waals surface area contributed by atoms with Gasteiger partial charge in [-0.2, -0.15) is 0 Å². The fourth-order valence-corrected chi connectivity index (χ4v) is 2.19. The molecule has 0 radical (unpaired) electrons. The maximum absolute atomic E-state index is 12.1. The molecule has 1 amide bonds. The maximum atomic E-state index is 12.1. The van der Waals surface area contributed by atoms with E-state index in [0.717, 1.165) is 6.42 Å². The average molecular weight is 263 g/mol. The molecular weight excluding hydrogens is 246 g/mol. The number of hydrogen-bond donors (Lipinski definition) is 1. The van der Waals surface area contributed by atoms with Gasteiger partial charge in [0.25, 0.3) is 5.69 Å². The molecule has 2 N–H and O–H groups in total. The Balaban J connectivity index is 2.33. The number of rotatable bonds is 4. The van der Waals surface area contributed by atoms with Crippen molar-refractivity contribution in [1.82, 2.24) is 0 Å². The van der Waals surface area contributed by atoms with Crippen LogP contribution in [0.25, 0.3) is 0 Å². The molecule has 1 aliphatic rings. The van der Waals surface area contributed by atoms with Crippen LogP contribution in [0, 0.1) is 16.0 Å². The molecule has 0 bridgehead atoms. The van der Waals surface area contributed by atoms with Crippen molar-refractivity contribution < 1.29 is 9.72 Å². The third kappa shape index (κ3) is 2.44. The number of carbonyl (C=O) groups is 1. The Labute approximate surface area is 111 Å². The number of nitro benzene ring substituents is 1. The van der Waals surface area contributed by atoms with E-state index in [2.05, 4.69) is 13.8 Å². The highest BCUT2D eigenvalue weighted by molar-refractivity contribution is 6.04. The zero-order chi connectivity index (χ0) is 14.2. The van der Waals surface area contributed by atoms with E-state index in [4.69, 9.17) is 5.73 Å². The topological polar surface area (TPSA) is 89.5 Å². The van der Waals surface area contributed by atoms with Gasteiger partial charge in [0.15, 0.2) is 0 Å². The van der Waals surface area contributed by atoms with Crippen LogP contribution in [0.4, 0.5) is 11.4 Å². The van der Waals surface area contributed by atoms with Crippen molar-refractivity contribution in [3.8, 4) is 0 Å². The number of fused-ring (bicyclic) bond motifs is 1. The van der Waals surface area contributed by atoms with E-state index in [1.54, 1.807) is 11.0 Å². The third-order valence-electron chi connectivity index (χ3n) is 3.31. The highest BCUT2D eigenvalue weighted by atomic mass is 16.6. The highest BCUT2D eigenvalue weighted by Crippen LogP contribution is 2.37. The Morgan fingerprint density at radius 2 is 2.16 bits per heavy atom. The van der Waals surface area contributed by atoms with E-state index in [1.165, 1.54) is 12.1 Å². The minimum Gasteiger partial charge on any atom is -0.316 e. The van der Waals surface area contributed by atoms with Gasteiger partial charge in [-0.15, -0.1) is 0 Å². The Hall–Kier alpha value is -1.95. The second-order valence-electron chi connectivity index (χ2n) is 5.15. The standard InChI is InChI=1S/C13H17N3O3/c1-8(2)5-6-15-11-4-3-9(16(18)19)7-10(11)12(14)13(15)17/h3-4,7-8,12H,5-6,14H2,1-2H3. The number of non-ortho nitro benzene ring substituents is 1. The van der Waals surface area contributed by atoms with E-state index in [9.17, 15) is 14.9 Å². The number of hydrogen-bond acceptors (Lipinski definition) is 4. The largest absolute Gasteiger partial charge is 0.316 e. The lowest BCUT2D eigenvalue weighted by Gasteiger charge is -2.18. The van der Waals surface area contributed by atoms with E-state index in [0.29, 0.717) is 23.7 Å². The van der Waals surface area contributed by atoms with Gasteiger partial charge in [-0.1, -0.05) is 13.8 Å². The molecule has 0 saturated carbocycles. The van der Waals surface area contributed by atoms with Gasteiger partial charge < -0.3 is 10.6 Å². The SMILES string of the molecule is CC(C)CCN1C(=O)C(N)c2cc([N+](=O)[O-])ccc21. The number of nitro groups is 1. The van der Waals surface area contributed by atoms with Crippen LogP contribution in [0.15, 0.2) is 18.2 Å². The highest BCUT2D eigenvalue weighted by Gasteiger charge is 2.35. The lowest BCUT2D eigenvalue weighted by atomic mass is 10.1. The molecule has 0 aliphatic carbocycles. The zero-order valence-electron chi connectivity index (χ0n) is 11.0. The summed E-state index contributed by atoms with van der Waals surface area (Å²) in [6, 6.07) is 3.63. The predicted octanol–water partition coefficient (Wildman–Crippen LogP) is 1.99. The van der Waals surface area contributed by atoms with Gasteiger partial charge in [-0.05, 0) is 18.4 Å². The van der Waals surface area contributed by atoms with Crippen LogP contribution < -0.4 is 10.6 Å². The van der Waals surface area contributed by atoms with Gasteiger partial charge in [0, 0.05) is 29.9 Å². The Morgan fingerprint density at radius 3 is 2.74 bits per heavy atom. The molecule has 1 unspecified atom stereocenters. The molecule has 1 heterocycles.